The molecule has 7 heteroatoms. The van der Waals surface area contributed by atoms with Crippen LogP contribution in [0, 0.1) is 28.1 Å². The molecule has 3 aliphatic carbocycles. The van der Waals surface area contributed by atoms with Crippen LogP contribution in [0.5, 0.6) is 0 Å². The highest BCUT2D eigenvalue weighted by molar-refractivity contribution is 6.01. The lowest BCUT2D eigenvalue weighted by Gasteiger charge is -2.61. The number of carbonyl (C=O) groups is 4. The molecule has 0 aromatic heterocycles. The number of Topliss-reactive ketones (excluding diaryl/α,β-unsaturated/α-hetero) is 1. The van der Waals surface area contributed by atoms with Gasteiger partial charge in [0, 0.05) is 30.4 Å². The van der Waals surface area contributed by atoms with Crippen LogP contribution >= 0.6 is 0 Å². The fourth-order valence-electron chi connectivity index (χ4n) is 7.20. The van der Waals surface area contributed by atoms with Crippen molar-refractivity contribution in [3.8, 4) is 0 Å². The van der Waals surface area contributed by atoms with Crippen LogP contribution in [0.3, 0.4) is 0 Å². The normalized spacial score (nSPS) is 41.5. The Morgan fingerprint density at radius 1 is 1.00 bits per heavy atom. The summed E-state index contributed by atoms with van der Waals surface area (Å²) in [6.45, 7) is 8.90. The lowest BCUT2D eigenvalue weighted by Crippen LogP contribution is -2.61. The van der Waals surface area contributed by atoms with Crippen LogP contribution in [0.25, 0.3) is 0 Å². The maximum absolute atomic E-state index is 13.1. The third kappa shape index (κ3) is 3.42. The van der Waals surface area contributed by atoms with Gasteiger partial charge < -0.3 is 14.9 Å². The van der Waals surface area contributed by atoms with E-state index in [1.54, 1.807) is 13.8 Å². The molecule has 0 heterocycles. The predicted octanol–water partition coefficient (Wildman–Crippen LogP) is 3.77. The molecular weight excluding hydrogens is 400 g/mol. The number of hydrogen-bond donors (Lipinski definition) is 2. The number of allylic oxidation sites excluding steroid dienone is 3. The Labute approximate surface area is 182 Å². The average Bonchev–Trinajstić information content (AvgIpc) is 2.93. The fourth-order valence-corrected chi connectivity index (χ4v) is 7.20. The molecule has 0 bridgehead atoms. The second-order valence-electron chi connectivity index (χ2n) is 10.1. The van der Waals surface area contributed by atoms with Crippen LogP contribution in [0.15, 0.2) is 23.3 Å². The molecule has 31 heavy (non-hydrogen) atoms. The molecule has 0 aliphatic heterocycles. The van der Waals surface area contributed by atoms with Gasteiger partial charge in [0.25, 0.3) is 0 Å². The first-order chi connectivity index (χ1) is 14.3. The van der Waals surface area contributed by atoms with E-state index in [-0.39, 0.29) is 17.6 Å². The number of ketones is 1. The van der Waals surface area contributed by atoms with Crippen LogP contribution in [0.2, 0.25) is 0 Å². The molecule has 3 fully saturated rings. The smallest absolute Gasteiger partial charge is 0.328 e. The van der Waals surface area contributed by atoms with Gasteiger partial charge in [-0.3, -0.25) is 14.4 Å². The zero-order valence-corrected chi connectivity index (χ0v) is 18.9. The molecule has 3 saturated carbocycles. The summed E-state index contributed by atoms with van der Waals surface area (Å²) >= 11 is 0. The third-order valence-corrected chi connectivity index (χ3v) is 8.53. The summed E-state index contributed by atoms with van der Waals surface area (Å²) in [6, 6.07) is 0. The van der Waals surface area contributed by atoms with Crippen LogP contribution in [-0.2, 0) is 23.9 Å². The number of esters is 1. The van der Waals surface area contributed by atoms with Crippen molar-refractivity contribution in [1.82, 2.24) is 0 Å². The predicted molar refractivity (Wildman–Crippen MR) is 112 cm³/mol. The van der Waals surface area contributed by atoms with Crippen LogP contribution < -0.4 is 0 Å². The quantitative estimate of drug-likeness (QED) is 0.513. The van der Waals surface area contributed by atoms with Gasteiger partial charge in [-0.25, -0.2) is 4.79 Å². The van der Waals surface area contributed by atoms with Gasteiger partial charge in [-0.15, -0.1) is 0 Å². The number of aliphatic carboxylic acids is 2. The minimum absolute atomic E-state index is 0.0149. The Balaban J connectivity index is 2.07. The van der Waals surface area contributed by atoms with E-state index in [0.29, 0.717) is 43.3 Å². The highest BCUT2D eigenvalue weighted by Crippen LogP contribution is 2.69. The van der Waals surface area contributed by atoms with E-state index >= 15 is 0 Å². The van der Waals surface area contributed by atoms with Crippen molar-refractivity contribution in [2.45, 2.75) is 72.8 Å². The van der Waals surface area contributed by atoms with Gasteiger partial charge >= 0.3 is 17.9 Å². The third-order valence-electron chi connectivity index (χ3n) is 8.53. The fraction of sp³-hybridized carbons (Fsp3) is 0.667. The van der Waals surface area contributed by atoms with Crippen LogP contribution in [0.1, 0.15) is 66.7 Å². The van der Waals surface area contributed by atoms with Crippen molar-refractivity contribution in [3.05, 3.63) is 23.3 Å². The van der Waals surface area contributed by atoms with Crippen LogP contribution in [-0.4, -0.2) is 40.0 Å². The summed E-state index contributed by atoms with van der Waals surface area (Å²) in [6.07, 6.45) is 4.49. The molecule has 6 atom stereocenters. The molecule has 0 radical (unpaired) electrons. The van der Waals surface area contributed by atoms with E-state index in [1.807, 2.05) is 0 Å². The number of carboxylic acid groups (broad SMARTS) is 2. The Morgan fingerprint density at radius 2 is 1.65 bits per heavy atom. The molecule has 0 saturated heterocycles. The van der Waals surface area contributed by atoms with Crippen molar-refractivity contribution < 1.29 is 34.1 Å². The first-order valence-corrected chi connectivity index (χ1v) is 10.8. The molecular formula is C24H32O7. The SMILES string of the molecule is CC(=O)O[C@@H]1CC[C@]2(C)C3CC(=O)/C(=C(C)/C=C/C(=O)O)[C@@]3(C)CC[C@H]2[C@@]1(C)C(=O)O. The standard InChI is InChI=1S/C24H32O7/c1-13(6-7-19(27)28)20-15(26)12-17-22(3)11-9-18(31-14(2)25)24(5,21(29)30)16(22)8-10-23(17,20)4/h6-7,16-18H,8-12H2,1-5H3,(H,27,28)(H,29,30)/b7-6+,20-13-/t16-,17?,18-,22+,23+,24-/m1/s1. The molecule has 170 valence electrons. The second-order valence-corrected chi connectivity index (χ2v) is 10.1. The van der Waals surface area contributed by atoms with Crippen molar-refractivity contribution in [1.29, 1.82) is 0 Å². The summed E-state index contributed by atoms with van der Waals surface area (Å²) in [5.41, 5.74) is -0.746. The highest BCUT2D eigenvalue weighted by atomic mass is 16.5. The van der Waals surface area contributed by atoms with Gasteiger partial charge in [0.1, 0.15) is 11.5 Å². The lowest BCUT2D eigenvalue weighted by atomic mass is 9.42. The Kier molecular flexibility index (Phi) is 5.70. The van der Waals surface area contributed by atoms with Crippen molar-refractivity contribution >= 4 is 23.7 Å². The molecule has 0 amide bonds. The van der Waals surface area contributed by atoms with E-state index in [0.717, 1.165) is 6.08 Å². The molecule has 1 unspecified atom stereocenters. The minimum atomic E-state index is -1.23. The van der Waals surface area contributed by atoms with Crippen molar-refractivity contribution in [2.75, 3.05) is 0 Å². The van der Waals surface area contributed by atoms with E-state index in [2.05, 4.69) is 13.8 Å². The van der Waals surface area contributed by atoms with E-state index in [1.165, 1.54) is 13.0 Å². The minimum Gasteiger partial charge on any atom is -0.481 e. The molecule has 3 rings (SSSR count). The number of fused-ring (bicyclic) bond motifs is 3. The molecule has 0 aromatic carbocycles. The largest absolute Gasteiger partial charge is 0.481 e. The van der Waals surface area contributed by atoms with Gasteiger partial charge in [0.15, 0.2) is 5.78 Å². The first kappa shape index (κ1) is 23.2. The topological polar surface area (TPSA) is 118 Å². The number of rotatable bonds is 4. The van der Waals surface area contributed by atoms with E-state index in [9.17, 15) is 24.3 Å². The zero-order valence-electron chi connectivity index (χ0n) is 18.9. The Morgan fingerprint density at radius 3 is 2.19 bits per heavy atom. The average molecular weight is 433 g/mol. The number of carbonyl (C=O) groups excluding carboxylic acids is 2. The highest BCUT2D eigenvalue weighted by Gasteiger charge is 2.68. The van der Waals surface area contributed by atoms with Crippen molar-refractivity contribution in [2.24, 2.45) is 28.1 Å². The van der Waals surface area contributed by atoms with Crippen molar-refractivity contribution in [3.63, 3.8) is 0 Å². The maximum Gasteiger partial charge on any atom is 0.328 e. The summed E-state index contributed by atoms with van der Waals surface area (Å²) in [5, 5.41) is 19.2. The van der Waals surface area contributed by atoms with Gasteiger partial charge in [0.05, 0.1) is 0 Å². The van der Waals surface area contributed by atoms with Crippen LogP contribution in [0.4, 0.5) is 0 Å². The molecule has 2 N–H and O–H groups in total. The summed E-state index contributed by atoms with van der Waals surface area (Å²) in [4.78, 5) is 48.2. The molecule has 0 spiro atoms. The summed E-state index contributed by atoms with van der Waals surface area (Å²) < 4.78 is 5.47. The maximum atomic E-state index is 13.1. The molecule has 3 aliphatic rings. The molecule has 7 nitrogen and oxygen atoms in total. The zero-order chi connectivity index (χ0) is 23.4. The van der Waals surface area contributed by atoms with Gasteiger partial charge in [0.2, 0.25) is 0 Å². The van der Waals surface area contributed by atoms with Gasteiger partial charge in [-0.2, -0.15) is 0 Å². The molecule has 0 aromatic rings. The summed E-state index contributed by atoms with van der Waals surface area (Å²) in [5.74, 6) is -2.80. The Hall–Kier alpha value is -2.44. The van der Waals surface area contributed by atoms with E-state index in [4.69, 9.17) is 9.84 Å². The number of carboxylic acids is 2. The first-order valence-electron chi connectivity index (χ1n) is 10.8. The van der Waals surface area contributed by atoms with E-state index < -0.39 is 40.3 Å². The lowest BCUT2D eigenvalue weighted by molar-refractivity contribution is -0.204. The number of hydrogen-bond acceptors (Lipinski definition) is 5. The monoisotopic (exact) mass is 432 g/mol. The van der Waals surface area contributed by atoms with Gasteiger partial charge in [-0.1, -0.05) is 19.9 Å². The second kappa shape index (κ2) is 7.61. The van der Waals surface area contributed by atoms with Gasteiger partial charge in [-0.05, 0) is 62.4 Å². The number of ether oxygens (including phenoxy) is 1. The summed E-state index contributed by atoms with van der Waals surface area (Å²) in [7, 11) is 0. The Bertz CT molecular complexity index is 900.